The van der Waals surface area contributed by atoms with Crippen molar-refractivity contribution in [1.82, 2.24) is 14.7 Å². The van der Waals surface area contributed by atoms with Crippen LogP contribution in [-0.4, -0.2) is 47.9 Å². The summed E-state index contributed by atoms with van der Waals surface area (Å²) in [6, 6.07) is 15.9. The highest BCUT2D eigenvalue weighted by Crippen LogP contribution is 2.40. The van der Waals surface area contributed by atoms with Crippen LogP contribution >= 0.6 is 0 Å². The van der Waals surface area contributed by atoms with E-state index in [1.165, 1.54) is 12.8 Å². The summed E-state index contributed by atoms with van der Waals surface area (Å²) in [6.07, 6.45) is 6.26. The van der Waals surface area contributed by atoms with Gasteiger partial charge in [-0.3, -0.25) is 14.6 Å². The number of methoxy groups -OCH3 is 1. The minimum absolute atomic E-state index is 0.296. The van der Waals surface area contributed by atoms with E-state index in [0.717, 1.165) is 47.5 Å². The van der Waals surface area contributed by atoms with Gasteiger partial charge < -0.3 is 14.9 Å². The van der Waals surface area contributed by atoms with Crippen molar-refractivity contribution in [3.8, 4) is 17.0 Å². The first-order valence-corrected chi connectivity index (χ1v) is 11.1. The predicted octanol–water partition coefficient (Wildman–Crippen LogP) is 4.44. The Balaban J connectivity index is 1.56. The molecule has 1 saturated heterocycles. The van der Waals surface area contributed by atoms with Crippen LogP contribution in [0.15, 0.2) is 70.4 Å². The topological polar surface area (TPSA) is 85.0 Å². The number of furan rings is 1. The van der Waals surface area contributed by atoms with Gasteiger partial charge >= 0.3 is 0 Å². The number of anilines is 2. The molecule has 2 aromatic carbocycles. The molecule has 170 valence electrons. The highest BCUT2D eigenvalue weighted by atomic mass is 16.5. The number of rotatable bonds is 6. The molecule has 0 atom stereocenters. The van der Waals surface area contributed by atoms with Gasteiger partial charge in [0.1, 0.15) is 12.0 Å². The van der Waals surface area contributed by atoms with Crippen LogP contribution in [0.4, 0.5) is 11.6 Å². The maximum atomic E-state index is 6.37. The fourth-order valence-corrected chi connectivity index (χ4v) is 4.33. The molecule has 8 nitrogen and oxygen atoms in total. The first-order chi connectivity index (χ1) is 16.2. The van der Waals surface area contributed by atoms with E-state index in [1.54, 1.807) is 25.3 Å². The van der Waals surface area contributed by atoms with Crippen molar-refractivity contribution in [2.45, 2.75) is 19.5 Å². The number of aliphatic imine (C=N–C) groups is 1. The summed E-state index contributed by atoms with van der Waals surface area (Å²) in [5, 5.41) is 6.73. The van der Waals surface area contributed by atoms with Gasteiger partial charge in [0.15, 0.2) is 0 Å². The third kappa shape index (κ3) is 4.05. The summed E-state index contributed by atoms with van der Waals surface area (Å²) < 4.78 is 13.6. The number of hydrogen-bond acceptors (Lipinski definition) is 5. The van der Waals surface area contributed by atoms with E-state index >= 15 is 0 Å². The summed E-state index contributed by atoms with van der Waals surface area (Å²) in [5.74, 6) is 1.54. The average molecular weight is 445 g/mol. The molecule has 5 rings (SSSR count). The Labute approximate surface area is 192 Å². The number of likely N-dealkylation sites (tertiary alicyclic amines) is 1. The van der Waals surface area contributed by atoms with Gasteiger partial charge in [-0.25, -0.2) is 4.90 Å². The first kappa shape index (κ1) is 21.1. The minimum Gasteiger partial charge on any atom is -0.495 e. The Morgan fingerprint density at radius 2 is 2.00 bits per heavy atom. The third-order valence-corrected chi connectivity index (χ3v) is 6.05. The standard InChI is InChI=1S/C25H28N6O2/c1-27-25(26)31(24-20-8-4-3-7-19(20)16-33-24)22-15-18(9-10-23(22)32-2)21-11-14-30(28-21)17-29-12-5-6-13-29/h3-4,7-11,14-16H,5-6,12-13,17H2,1-2H3,(H2,26,27). The molecule has 3 heterocycles. The normalized spacial score (nSPS) is 14.8. The minimum atomic E-state index is 0.296. The molecule has 1 aliphatic rings. The number of benzene rings is 2. The predicted molar refractivity (Wildman–Crippen MR) is 131 cm³/mol. The molecule has 0 aliphatic carbocycles. The van der Waals surface area contributed by atoms with Gasteiger partial charge in [-0.1, -0.05) is 18.2 Å². The average Bonchev–Trinajstić information content (AvgIpc) is 3.61. The van der Waals surface area contributed by atoms with Gasteiger partial charge in [0.25, 0.3) is 0 Å². The van der Waals surface area contributed by atoms with Crippen molar-refractivity contribution < 1.29 is 9.15 Å². The number of ether oxygens (including phenoxy) is 1. The van der Waals surface area contributed by atoms with Gasteiger partial charge in [-0.05, 0) is 56.3 Å². The quantitative estimate of drug-likeness (QED) is 0.350. The number of hydrogen-bond donors (Lipinski definition) is 1. The molecule has 0 unspecified atom stereocenters. The highest BCUT2D eigenvalue weighted by molar-refractivity contribution is 6.08. The smallest absolute Gasteiger partial charge is 0.214 e. The molecule has 0 spiro atoms. The molecule has 33 heavy (non-hydrogen) atoms. The SMILES string of the molecule is CN=C(N)N(c1cc(-c2ccn(CN3CCCC3)n2)ccc1OC)c1occ2ccccc12. The molecular weight excluding hydrogens is 416 g/mol. The molecule has 0 radical (unpaired) electrons. The van der Waals surface area contributed by atoms with Crippen molar-refractivity contribution in [3.63, 3.8) is 0 Å². The zero-order valence-electron chi connectivity index (χ0n) is 18.9. The molecule has 2 N–H and O–H groups in total. The summed E-state index contributed by atoms with van der Waals surface area (Å²) in [7, 11) is 3.30. The van der Waals surface area contributed by atoms with Crippen molar-refractivity contribution in [2.24, 2.45) is 10.7 Å². The Bertz CT molecular complexity index is 1290. The molecule has 8 heteroatoms. The van der Waals surface area contributed by atoms with E-state index < -0.39 is 0 Å². The van der Waals surface area contributed by atoms with Crippen LogP contribution in [0.25, 0.3) is 22.0 Å². The number of nitrogens with two attached hydrogens (primary N) is 1. The molecular formula is C25H28N6O2. The van der Waals surface area contributed by atoms with Crippen LogP contribution in [0.2, 0.25) is 0 Å². The Hall–Kier alpha value is -3.78. The molecule has 1 fully saturated rings. The van der Waals surface area contributed by atoms with Gasteiger partial charge in [0, 0.05) is 29.6 Å². The second kappa shape index (κ2) is 8.99. The van der Waals surface area contributed by atoms with Crippen molar-refractivity contribution in [1.29, 1.82) is 0 Å². The molecule has 0 amide bonds. The van der Waals surface area contributed by atoms with Gasteiger partial charge in [-0.15, -0.1) is 0 Å². The highest BCUT2D eigenvalue weighted by Gasteiger charge is 2.24. The first-order valence-electron chi connectivity index (χ1n) is 11.1. The fourth-order valence-electron chi connectivity index (χ4n) is 4.33. The van der Waals surface area contributed by atoms with E-state index in [9.17, 15) is 0 Å². The Morgan fingerprint density at radius 3 is 2.79 bits per heavy atom. The van der Waals surface area contributed by atoms with E-state index in [4.69, 9.17) is 20.0 Å². The maximum Gasteiger partial charge on any atom is 0.214 e. The summed E-state index contributed by atoms with van der Waals surface area (Å²) in [4.78, 5) is 8.45. The second-order valence-electron chi connectivity index (χ2n) is 8.14. The van der Waals surface area contributed by atoms with E-state index in [-0.39, 0.29) is 0 Å². The number of fused-ring (bicyclic) bond motifs is 1. The molecule has 0 saturated carbocycles. The van der Waals surface area contributed by atoms with Gasteiger partial charge in [0.2, 0.25) is 11.8 Å². The lowest BCUT2D eigenvalue weighted by Gasteiger charge is -2.24. The lowest BCUT2D eigenvalue weighted by Crippen LogP contribution is -2.33. The third-order valence-electron chi connectivity index (χ3n) is 6.05. The van der Waals surface area contributed by atoms with Crippen LogP contribution in [0.1, 0.15) is 12.8 Å². The molecule has 2 aromatic heterocycles. The zero-order chi connectivity index (χ0) is 22.8. The van der Waals surface area contributed by atoms with E-state index in [0.29, 0.717) is 17.6 Å². The molecule has 0 bridgehead atoms. The molecule has 4 aromatic rings. The Morgan fingerprint density at radius 1 is 1.18 bits per heavy atom. The molecule has 1 aliphatic heterocycles. The van der Waals surface area contributed by atoms with E-state index in [2.05, 4.69) is 9.89 Å². The maximum absolute atomic E-state index is 6.37. The van der Waals surface area contributed by atoms with Crippen LogP contribution in [0.3, 0.4) is 0 Å². The number of aromatic nitrogens is 2. The van der Waals surface area contributed by atoms with Crippen LogP contribution < -0.4 is 15.4 Å². The van der Waals surface area contributed by atoms with Gasteiger partial charge in [0.05, 0.1) is 25.2 Å². The summed E-state index contributed by atoms with van der Waals surface area (Å²) in [5.41, 5.74) is 8.94. The second-order valence-corrected chi connectivity index (χ2v) is 8.14. The van der Waals surface area contributed by atoms with Crippen LogP contribution in [0.5, 0.6) is 5.75 Å². The van der Waals surface area contributed by atoms with Crippen LogP contribution in [-0.2, 0) is 6.67 Å². The number of nitrogens with zero attached hydrogens (tertiary/aromatic N) is 5. The lowest BCUT2D eigenvalue weighted by atomic mass is 10.1. The summed E-state index contributed by atoms with van der Waals surface area (Å²) in [6.45, 7) is 3.07. The fraction of sp³-hybridized carbons (Fsp3) is 0.280. The summed E-state index contributed by atoms with van der Waals surface area (Å²) >= 11 is 0. The van der Waals surface area contributed by atoms with Crippen molar-refractivity contribution >= 4 is 28.3 Å². The zero-order valence-corrected chi connectivity index (χ0v) is 18.9. The van der Waals surface area contributed by atoms with Gasteiger partial charge in [-0.2, -0.15) is 5.10 Å². The monoisotopic (exact) mass is 444 g/mol. The van der Waals surface area contributed by atoms with E-state index in [1.807, 2.05) is 59.4 Å². The Kier molecular flexibility index (Phi) is 5.75. The largest absolute Gasteiger partial charge is 0.495 e. The number of guanidine groups is 1. The van der Waals surface area contributed by atoms with Crippen molar-refractivity contribution in [3.05, 3.63) is 61.0 Å². The van der Waals surface area contributed by atoms with Crippen LogP contribution in [0, 0.1) is 0 Å². The van der Waals surface area contributed by atoms with Crippen molar-refractivity contribution in [2.75, 3.05) is 32.1 Å². The lowest BCUT2D eigenvalue weighted by molar-refractivity contribution is 0.256.